The third-order valence-corrected chi connectivity index (χ3v) is 4.31. The first kappa shape index (κ1) is 18.0. The SMILES string of the molecule is COCc1nn2c(=O)cc(COC(=O)COc3ccccc3C)nc2s1. The minimum absolute atomic E-state index is 0.112. The van der Waals surface area contributed by atoms with E-state index in [1.54, 1.807) is 13.2 Å². The van der Waals surface area contributed by atoms with Crippen molar-refractivity contribution in [3.8, 4) is 5.75 Å². The van der Waals surface area contributed by atoms with Crippen molar-refractivity contribution in [2.75, 3.05) is 13.7 Å². The quantitative estimate of drug-likeness (QED) is 0.581. The van der Waals surface area contributed by atoms with Crippen molar-refractivity contribution in [3.05, 3.63) is 57.0 Å². The number of aryl methyl sites for hydroxylation is 1. The van der Waals surface area contributed by atoms with E-state index < -0.39 is 5.97 Å². The molecule has 0 atom stereocenters. The summed E-state index contributed by atoms with van der Waals surface area (Å²) in [4.78, 5) is 28.6. The molecule has 0 aliphatic heterocycles. The average Bonchev–Trinajstić information content (AvgIpc) is 3.03. The summed E-state index contributed by atoms with van der Waals surface area (Å²) in [6.45, 7) is 1.86. The Labute approximate surface area is 153 Å². The number of aromatic nitrogens is 3. The van der Waals surface area contributed by atoms with E-state index in [0.29, 0.717) is 28.0 Å². The van der Waals surface area contributed by atoms with Crippen LogP contribution in [-0.2, 0) is 27.5 Å². The van der Waals surface area contributed by atoms with E-state index in [4.69, 9.17) is 14.2 Å². The summed E-state index contributed by atoms with van der Waals surface area (Å²) in [7, 11) is 1.55. The lowest BCUT2D eigenvalue weighted by Crippen LogP contribution is -2.18. The van der Waals surface area contributed by atoms with Crippen molar-refractivity contribution in [1.82, 2.24) is 14.6 Å². The zero-order chi connectivity index (χ0) is 18.5. The molecule has 8 nitrogen and oxygen atoms in total. The normalized spacial score (nSPS) is 10.8. The molecule has 0 unspecified atom stereocenters. The number of hydrogen-bond donors (Lipinski definition) is 0. The summed E-state index contributed by atoms with van der Waals surface area (Å²) in [5.74, 6) is 0.0807. The van der Waals surface area contributed by atoms with E-state index in [-0.39, 0.29) is 18.8 Å². The van der Waals surface area contributed by atoms with Gasteiger partial charge in [0, 0.05) is 13.2 Å². The van der Waals surface area contributed by atoms with Gasteiger partial charge in [-0.3, -0.25) is 4.79 Å². The second kappa shape index (κ2) is 8.07. The van der Waals surface area contributed by atoms with Crippen molar-refractivity contribution in [1.29, 1.82) is 0 Å². The van der Waals surface area contributed by atoms with Crippen LogP contribution in [0.3, 0.4) is 0 Å². The topological polar surface area (TPSA) is 92.0 Å². The summed E-state index contributed by atoms with van der Waals surface area (Å²) in [5, 5.41) is 4.75. The predicted octanol–water partition coefficient (Wildman–Crippen LogP) is 1.73. The number of para-hydroxylation sites is 1. The van der Waals surface area contributed by atoms with E-state index >= 15 is 0 Å². The first-order valence-corrected chi connectivity index (χ1v) is 8.60. The Morgan fingerprint density at radius 3 is 2.85 bits per heavy atom. The van der Waals surface area contributed by atoms with Gasteiger partial charge >= 0.3 is 5.97 Å². The van der Waals surface area contributed by atoms with Gasteiger partial charge in [0.25, 0.3) is 5.56 Å². The summed E-state index contributed by atoms with van der Waals surface area (Å²) in [6.07, 6.45) is 0. The number of rotatable bonds is 7. The Morgan fingerprint density at radius 2 is 2.08 bits per heavy atom. The molecule has 3 rings (SSSR count). The fourth-order valence-corrected chi connectivity index (χ4v) is 3.09. The van der Waals surface area contributed by atoms with Crippen molar-refractivity contribution in [2.24, 2.45) is 0 Å². The van der Waals surface area contributed by atoms with E-state index in [1.807, 2.05) is 25.1 Å². The second-order valence-corrected chi connectivity index (χ2v) is 6.46. The van der Waals surface area contributed by atoms with Crippen LogP contribution in [-0.4, -0.2) is 34.3 Å². The molecular formula is C17H17N3O5S. The zero-order valence-corrected chi connectivity index (χ0v) is 15.1. The maximum absolute atomic E-state index is 12.1. The zero-order valence-electron chi connectivity index (χ0n) is 14.3. The van der Waals surface area contributed by atoms with Crippen LogP contribution in [0.5, 0.6) is 5.75 Å². The lowest BCUT2D eigenvalue weighted by molar-refractivity contribution is -0.147. The van der Waals surface area contributed by atoms with Crippen molar-refractivity contribution < 1.29 is 19.0 Å². The molecule has 1 aromatic carbocycles. The number of carbonyl (C=O) groups excluding carboxylic acids is 1. The molecule has 0 fully saturated rings. The predicted molar refractivity (Wildman–Crippen MR) is 94.3 cm³/mol. The van der Waals surface area contributed by atoms with Gasteiger partial charge in [-0.15, -0.1) is 0 Å². The molecule has 0 radical (unpaired) electrons. The second-order valence-electron chi connectivity index (χ2n) is 5.42. The minimum atomic E-state index is -0.542. The molecule has 0 N–H and O–H groups in total. The van der Waals surface area contributed by atoms with Gasteiger partial charge in [0.2, 0.25) is 4.96 Å². The monoisotopic (exact) mass is 375 g/mol. The smallest absolute Gasteiger partial charge is 0.344 e. The lowest BCUT2D eigenvalue weighted by atomic mass is 10.2. The van der Waals surface area contributed by atoms with Crippen LogP contribution >= 0.6 is 11.3 Å². The highest BCUT2D eigenvalue weighted by Gasteiger charge is 2.11. The Kier molecular flexibility index (Phi) is 5.59. The molecular weight excluding hydrogens is 358 g/mol. The van der Waals surface area contributed by atoms with Crippen molar-refractivity contribution in [3.63, 3.8) is 0 Å². The summed E-state index contributed by atoms with van der Waals surface area (Å²) < 4.78 is 16.8. The van der Waals surface area contributed by atoms with Gasteiger partial charge in [0.1, 0.15) is 17.4 Å². The highest BCUT2D eigenvalue weighted by molar-refractivity contribution is 7.16. The van der Waals surface area contributed by atoms with Crippen LogP contribution in [0.25, 0.3) is 4.96 Å². The van der Waals surface area contributed by atoms with E-state index in [2.05, 4.69) is 10.1 Å². The van der Waals surface area contributed by atoms with Gasteiger partial charge in [-0.2, -0.15) is 9.61 Å². The number of hydrogen-bond acceptors (Lipinski definition) is 8. The Morgan fingerprint density at radius 1 is 1.27 bits per heavy atom. The standard InChI is InChI=1S/C17H17N3O5S/c1-11-5-3-4-6-13(11)24-10-16(22)25-8-12-7-15(21)20-17(18-12)26-14(19-20)9-23-2/h3-7H,8-10H2,1-2H3. The summed E-state index contributed by atoms with van der Waals surface area (Å²) >= 11 is 1.24. The van der Waals surface area contributed by atoms with Gasteiger partial charge in [0.15, 0.2) is 6.61 Å². The van der Waals surface area contributed by atoms with E-state index in [9.17, 15) is 9.59 Å². The molecule has 0 bridgehead atoms. The Hall–Kier alpha value is -2.78. The first-order chi connectivity index (χ1) is 12.6. The van der Waals surface area contributed by atoms with Crippen LogP contribution in [0.4, 0.5) is 0 Å². The number of esters is 1. The summed E-state index contributed by atoms with van der Waals surface area (Å²) in [5.41, 5.74) is 0.945. The third kappa shape index (κ3) is 4.24. The van der Waals surface area contributed by atoms with E-state index in [0.717, 1.165) is 5.56 Å². The lowest BCUT2D eigenvalue weighted by Gasteiger charge is -2.08. The molecule has 0 saturated heterocycles. The summed E-state index contributed by atoms with van der Waals surface area (Å²) in [6, 6.07) is 8.67. The maximum atomic E-state index is 12.1. The minimum Gasteiger partial charge on any atom is -0.482 e. The maximum Gasteiger partial charge on any atom is 0.344 e. The first-order valence-electron chi connectivity index (χ1n) is 7.78. The van der Waals surface area contributed by atoms with Gasteiger partial charge < -0.3 is 14.2 Å². The molecule has 0 saturated carbocycles. The van der Waals surface area contributed by atoms with Crippen LogP contribution < -0.4 is 10.3 Å². The van der Waals surface area contributed by atoms with Gasteiger partial charge in [-0.25, -0.2) is 9.78 Å². The Bertz CT molecular complexity index is 982. The van der Waals surface area contributed by atoms with Crippen LogP contribution in [0.1, 0.15) is 16.3 Å². The van der Waals surface area contributed by atoms with Crippen molar-refractivity contribution >= 4 is 22.3 Å². The molecule has 136 valence electrons. The Balaban J connectivity index is 1.61. The molecule has 9 heteroatoms. The van der Waals surface area contributed by atoms with Gasteiger partial charge in [-0.05, 0) is 18.6 Å². The fraction of sp³-hybridized carbons (Fsp3) is 0.294. The molecule has 2 heterocycles. The van der Waals surface area contributed by atoms with Crippen LogP contribution in [0.2, 0.25) is 0 Å². The highest BCUT2D eigenvalue weighted by Crippen LogP contribution is 2.16. The van der Waals surface area contributed by atoms with Crippen LogP contribution in [0, 0.1) is 6.92 Å². The number of benzene rings is 1. The molecule has 0 aliphatic carbocycles. The van der Waals surface area contributed by atoms with Gasteiger partial charge in [0.05, 0.1) is 12.3 Å². The fourth-order valence-electron chi connectivity index (χ4n) is 2.20. The molecule has 26 heavy (non-hydrogen) atoms. The molecule has 0 amide bonds. The number of ether oxygens (including phenoxy) is 3. The van der Waals surface area contributed by atoms with Crippen molar-refractivity contribution in [2.45, 2.75) is 20.1 Å². The highest BCUT2D eigenvalue weighted by atomic mass is 32.1. The van der Waals surface area contributed by atoms with E-state index in [1.165, 1.54) is 21.9 Å². The molecule has 0 spiro atoms. The van der Waals surface area contributed by atoms with Crippen LogP contribution in [0.15, 0.2) is 35.1 Å². The van der Waals surface area contributed by atoms with Gasteiger partial charge in [-0.1, -0.05) is 29.5 Å². The number of fused-ring (bicyclic) bond motifs is 1. The number of carbonyl (C=O) groups is 1. The molecule has 2 aromatic heterocycles. The number of methoxy groups -OCH3 is 1. The largest absolute Gasteiger partial charge is 0.482 e. The molecule has 3 aromatic rings. The molecule has 0 aliphatic rings. The third-order valence-electron chi connectivity index (χ3n) is 3.43. The number of nitrogens with zero attached hydrogens (tertiary/aromatic N) is 3. The average molecular weight is 375 g/mol.